The molecule has 0 radical (unpaired) electrons. The van der Waals surface area contributed by atoms with Crippen molar-refractivity contribution in [1.82, 2.24) is 0 Å². The second-order valence-electron chi connectivity index (χ2n) is 4.35. The highest BCUT2D eigenvalue weighted by molar-refractivity contribution is 9.10. The highest BCUT2D eigenvalue weighted by Crippen LogP contribution is 2.31. The third kappa shape index (κ3) is 2.37. The van der Waals surface area contributed by atoms with Crippen LogP contribution < -0.4 is 4.74 Å². The van der Waals surface area contributed by atoms with Crippen LogP contribution in [0.4, 0.5) is 0 Å². The zero-order valence-electron chi connectivity index (χ0n) is 9.00. The molecule has 1 aromatic rings. The number of rotatable bonds is 3. The largest absolute Gasteiger partial charge is 0.492 e. The van der Waals surface area contributed by atoms with Crippen molar-refractivity contribution in [1.29, 1.82) is 5.26 Å². The second kappa shape index (κ2) is 4.44. The van der Waals surface area contributed by atoms with E-state index >= 15 is 0 Å². The van der Waals surface area contributed by atoms with E-state index in [1.165, 1.54) is 0 Å². The van der Waals surface area contributed by atoms with E-state index in [2.05, 4.69) is 28.9 Å². The molecule has 1 fully saturated rings. The monoisotopic (exact) mass is 281 g/mol. The number of nitrogens with zero attached hydrogens (tertiary/aromatic N) is 1. The molecule has 2 rings (SSSR count). The van der Waals surface area contributed by atoms with Gasteiger partial charge in [-0.25, -0.2) is 0 Å². The first-order chi connectivity index (χ1) is 7.63. The van der Waals surface area contributed by atoms with Gasteiger partial charge in [0.15, 0.2) is 0 Å². The minimum Gasteiger partial charge on any atom is -0.492 e. The molecule has 3 nitrogen and oxygen atoms in total. The number of hydrogen-bond acceptors (Lipinski definition) is 3. The fourth-order valence-electron chi connectivity index (χ4n) is 1.47. The SMILES string of the molecule is CC1(COc2ccc(C#N)cc2Br)COC1. The van der Waals surface area contributed by atoms with Crippen molar-refractivity contribution in [2.45, 2.75) is 6.92 Å². The van der Waals surface area contributed by atoms with Crippen LogP contribution in [0.2, 0.25) is 0 Å². The third-order valence-electron chi connectivity index (χ3n) is 2.54. The van der Waals surface area contributed by atoms with E-state index in [0.717, 1.165) is 23.4 Å². The fraction of sp³-hybridized carbons (Fsp3) is 0.417. The summed E-state index contributed by atoms with van der Waals surface area (Å²) in [7, 11) is 0. The van der Waals surface area contributed by atoms with Crippen LogP contribution in [0.5, 0.6) is 5.75 Å². The van der Waals surface area contributed by atoms with Crippen LogP contribution >= 0.6 is 15.9 Å². The standard InChI is InChI=1S/C12H12BrNO2/c1-12(6-15-7-12)8-16-11-3-2-9(5-14)4-10(11)13/h2-4H,6-8H2,1H3. The lowest BCUT2D eigenvalue weighted by Gasteiger charge is -2.37. The van der Waals surface area contributed by atoms with Crippen molar-refractivity contribution < 1.29 is 9.47 Å². The average Bonchev–Trinajstić information content (AvgIpc) is 2.25. The first-order valence-corrected chi connectivity index (χ1v) is 5.82. The van der Waals surface area contributed by atoms with Crippen LogP contribution in [0.15, 0.2) is 22.7 Å². The van der Waals surface area contributed by atoms with Crippen molar-refractivity contribution in [2.75, 3.05) is 19.8 Å². The van der Waals surface area contributed by atoms with Gasteiger partial charge in [-0.05, 0) is 34.1 Å². The Morgan fingerprint density at radius 3 is 2.81 bits per heavy atom. The number of hydrogen-bond donors (Lipinski definition) is 0. The summed E-state index contributed by atoms with van der Waals surface area (Å²) in [5.74, 6) is 0.770. The van der Waals surface area contributed by atoms with Crippen LogP contribution in [0, 0.1) is 16.7 Å². The molecule has 84 valence electrons. The van der Waals surface area contributed by atoms with E-state index in [1.54, 1.807) is 12.1 Å². The topological polar surface area (TPSA) is 42.2 Å². The van der Waals surface area contributed by atoms with Crippen molar-refractivity contribution >= 4 is 15.9 Å². The van der Waals surface area contributed by atoms with E-state index in [-0.39, 0.29) is 5.41 Å². The molecule has 1 aliphatic heterocycles. The molecule has 1 heterocycles. The minimum absolute atomic E-state index is 0.132. The lowest BCUT2D eigenvalue weighted by Crippen LogP contribution is -2.44. The molecule has 0 spiro atoms. The Morgan fingerprint density at radius 2 is 2.31 bits per heavy atom. The number of ether oxygens (including phenoxy) is 2. The van der Waals surface area contributed by atoms with Crippen molar-refractivity contribution in [2.24, 2.45) is 5.41 Å². The summed E-state index contributed by atoms with van der Waals surface area (Å²) in [5.41, 5.74) is 0.755. The van der Waals surface area contributed by atoms with Crippen LogP contribution in [0.1, 0.15) is 12.5 Å². The summed E-state index contributed by atoms with van der Waals surface area (Å²) in [6.07, 6.45) is 0. The van der Waals surface area contributed by atoms with Gasteiger partial charge in [0, 0.05) is 5.41 Å². The Morgan fingerprint density at radius 1 is 1.56 bits per heavy atom. The smallest absolute Gasteiger partial charge is 0.133 e. The van der Waals surface area contributed by atoms with Crippen molar-refractivity contribution in [3.05, 3.63) is 28.2 Å². The molecule has 0 saturated carbocycles. The first-order valence-electron chi connectivity index (χ1n) is 5.03. The molecular weight excluding hydrogens is 270 g/mol. The van der Waals surface area contributed by atoms with Gasteiger partial charge >= 0.3 is 0 Å². The molecule has 1 aliphatic rings. The normalized spacial score (nSPS) is 17.3. The van der Waals surface area contributed by atoms with Gasteiger partial charge in [-0.2, -0.15) is 5.26 Å². The lowest BCUT2D eigenvalue weighted by molar-refractivity contribution is -0.120. The predicted octanol–water partition coefficient (Wildman–Crippen LogP) is 2.74. The molecule has 1 saturated heterocycles. The zero-order valence-corrected chi connectivity index (χ0v) is 10.6. The van der Waals surface area contributed by atoms with Gasteiger partial charge in [-0.1, -0.05) is 6.92 Å². The maximum Gasteiger partial charge on any atom is 0.133 e. The highest BCUT2D eigenvalue weighted by Gasteiger charge is 2.34. The molecule has 16 heavy (non-hydrogen) atoms. The summed E-state index contributed by atoms with van der Waals surface area (Å²) < 4.78 is 11.7. The van der Waals surface area contributed by atoms with Gasteiger partial charge in [0.1, 0.15) is 5.75 Å². The highest BCUT2D eigenvalue weighted by atomic mass is 79.9. The molecule has 0 amide bonds. The van der Waals surface area contributed by atoms with Crippen LogP contribution in [-0.2, 0) is 4.74 Å². The van der Waals surface area contributed by atoms with Gasteiger partial charge < -0.3 is 9.47 Å². The predicted molar refractivity (Wildman–Crippen MR) is 63.3 cm³/mol. The molecule has 0 N–H and O–H groups in total. The molecular formula is C12H12BrNO2. The van der Waals surface area contributed by atoms with E-state index < -0.39 is 0 Å². The molecule has 0 aromatic heterocycles. The lowest BCUT2D eigenvalue weighted by atomic mass is 9.90. The van der Waals surface area contributed by atoms with E-state index in [9.17, 15) is 0 Å². The van der Waals surface area contributed by atoms with Gasteiger partial charge in [0.2, 0.25) is 0 Å². The van der Waals surface area contributed by atoms with E-state index in [0.29, 0.717) is 12.2 Å². The minimum atomic E-state index is 0.132. The molecule has 0 atom stereocenters. The molecule has 0 bridgehead atoms. The number of nitriles is 1. The number of halogens is 1. The molecule has 0 aliphatic carbocycles. The Labute approximate surface area is 103 Å². The summed E-state index contributed by atoms with van der Waals surface area (Å²) in [6, 6.07) is 7.40. The van der Waals surface area contributed by atoms with Crippen LogP contribution in [0.25, 0.3) is 0 Å². The van der Waals surface area contributed by atoms with Crippen molar-refractivity contribution in [3.8, 4) is 11.8 Å². The van der Waals surface area contributed by atoms with Crippen molar-refractivity contribution in [3.63, 3.8) is 0 Å². The maximum atomic E-state index is 8.73. The Hall–Kier alpha value is -1.05. The van der Waals surface area contributed by atoms with Gasteiger partial charge in [-0.3, -0.25) is 0 Å². The summed E-state index contributed by atoms with van der Waals surface area (Å²) in [4.78, 5) is 0. The van der Waals surface area contributed by atoms with Gasteiger partial charge in [0.05, 0.1) is 35.9 Å². The third-order valence-corrected chi connectivity index (χ3v) is 3.16. The van der Waals surface area contributed by atoms with Gasteiger partial charge in [0.25, 0.3) is 0 Å². The van der Waals surface area contributed by atoms with E-state index in [4.69, 9.17) is 14.7 Å². The number of benzene rings is 1. The summed E-state index contributed by atoms with van der Waals surface area (Å²) in [5, 5.41) is 8.73. The second-order valence-corrected chi connectivity index (χ2v) is 5.20. The first kappa shape index (κ1) is 11.4. The quantitative estimate of drug-likeness (QED) is 0.856. The van der Waals surface area contributed by atoms with Crippen LogP contribution in [0.3, 0.4) is 0 Å². The Bertz CT molecular complexity index is 435. The molecule has 4 heteroatoms. The molecule has 0 unspecified atom stereocenters. The summed E-state index contributed by atoms with van der Waals surface area (Å²) in [6.45, 7) is 4.27. The fourth-order valence-corrected chi connectivity index (χ4v) is 1.97. The van der Waals surface area contributed by atoms with Crippen LogP contribution in [-0.4, -0.2) is 19.8 Å². The zero-order chi connectivity index (χ0) is 11.6. The Balaban J connectivity index is 2.02. The average molecular weight is 282 g/mol. The van der Waals surface area contributed by atoms with E-state index in [1.807, 2.05) is 6.07 Å². The summed E-state index contributed by atoms with van der Waals surface area (Å²) >= 11 is 3.39. The van der Waals surface area contributed by atoms with Gasteiger partial charge in [-0.15, -0.1) is 0 Å². The molecule has 1 aromatic carbocycles. The Kier molecular flexibility index (Phi) is 3.17. The maximum absolute atomic E-state index is 8.73.